The van der Waals surface area contributed by atoms with E-state index in [-0.39, 0.29) is 88.1 Å². The number of rotatable bonds is 5. The summed E-state index contributed by atoms with van der Waals surface area (Å²) in [5, 5.41) is 19.8. The molecule has 0 rings (SSSR count). The molecule has 0 saturated heterocycles. The fraction of sp³-hybridized carbons (Fsp3) is 1.00. The summed E-state index contributed by atoms with van der Waals surface area (Å²) in [5.74, 6) is 0. The molecule has 62 valence electrons. The van der Waals surface area contributed by atoms with Crippen LogP contribution in [0.3, 0.4) is 0 Å². The Morgan fingerprint density at radius 3 is 2.09 bits per heavy atom. The fourth-order valence-electron chi connectivity index (χ4n) is 0.629. The molecule has 0 amide bonds. The van der Waals surface area contributed by atoms with Crippen LogP contribution in [0.15, 0.2) is 0 Å². The molecular formula is C6H15Ac2NO2. The van der Waals surface area contributed by atoms with Gasteiger partial charge in [0.2, 0.25) is 0 Å². The zero-order valence-electron chi connectivity index (χ0n) is 6.95. The Bertz CT molecular complexity index is 64.5. The second-order valence-electron chi connectivity index (χ2n) is 2.08. The van der Waals surface area contributed by atoms with Gasteiger partial charge in [-0.05, 0) is 32.9 Å². The van der Waals surface area contributed by atoms with Crippen molar-refractivity contribution < 1.29 is 98.3 Å². The van der Waals surface area contributed by atoms with E-state index in [2.05, 4.69) is 5.32 Å². The molecule has 0 aromatic carbocycles. The normalized spacial score (nSPS) is 8.73. The van der Waals surface area contributed by atoms with E-state index in [4.69, 9.17) is 10.2 Å². The van der Waals surface area contributed by atoms with Crippen LogP contribution in [0.25, 0.3) is 0 Å². The molecule has 0 bridgehead atoms. The SMILES string of the molecule is CNCCCCC(O)O.[Ac].[Ac]. The van der Waals surface area contributed by atoms with Crippen molar-refractivity contribution in [2.45, 2.75) is 25.6 Å². The quantitative estimate of drug-likeness (QED) is 0.306. The van der Waals surface area contributed by atoms with E-state index in [1.807, 2.05) is 7.05 Å². The van der Waals surface area contributed by atoms with Gasteiger partial charge in [0.25, 0.3) is 0 Å². The van der Waals surface area contributed by atoms with E-state index < -0.39 is 6.29 Å². The van der Waals surface area contributed by atoms with Crippen LogP contribution in [0.1, 0.15) is 19.3 Å². The molecule has 0 aromatic heterocycles. The minimum Gasteiger partial charge on any atom is -0.368 e. The Kier molecular flexibility index (Phi) is 26.8. The minimum atomic E-state index is -1.12. The summed E-state index contributed by atoms with van der Waals surface area (Å²) in [7, 11) is 1.88. The van der Waals surface area contributed by atoms with Crippen LogP contribution in [-0.4, -0.2) is 30.1 Å². The standard InChI is InChI=1S/C6H15NO2.2Ac/c1-7-5-3-2-4-6(8)9;;/h6-9H,2-5H2,1H3;;. The number of aliphatic hydroxyl groups excluding tert-OH is 1. The third-order valence-electron chi connectivity index (χ3n) is 1.14. The molecule has 0 fully saturated rings. The van der Waals surface area contributed by atoms with Gasteiger partial charge in [-0.3, -0.25) is 0 Å². The monoisotopic (exact) mass is 587 g/mol. The van der Waals surface area contributed by atoms with Crippen LogP contribution in [0.5, 0.6) is 0 Å². The molecule has 0 atom stereocenters. The van der Waals surface area contributed by atoms with Gasteiger partial charge in [0, 0.05) is 88.1 Å². The van der Waals surface area contributed by atoms with Crippen LogP contribution >= 0.6 is 0 Å². The molecule has 0 heterocycles. The summed E-state index contributed by atoms with van der Waals surface area (Å²) >= 11 is 0. The van der Waals surface area contributed by atoms with Crippen molar-refractivity contribution >= 4 is 0 Å². The van der Waals surface area contributed by atoms with E-state index in [0.29, 0.717) is 6.42 Å². The average Bonchev–Trinajstić information content (AvgIpc) is 1.80. The van der Waals surface area contributed by atoms with Gasteiger partial charge in [0.1, 0.15) is 0 Å². The first-order valence-corrected chi connectivity index (χ1v) is 3.28. The van der Waals surface area contributed by atoms with E-state index >= 15 is 0 Å². The third kappa shape index (κ3) is 19.3. The second-order valence-corrected chi connectivity index (χ2v) is 2.08. The van der Waals surface area contributed by atoms with Crippen molar-refractivity contribution in [1.82, 2.24) is 5.32 Å². The van der Waals surface area contributed by atoms with Gasteiger partial charge in [-0.15, -0.1) is 0 Å². The van der Waals surface area contributed by atoms with Crippen molar-refractivity contribution in [1.29, 1.82) is 0 Å². The molecule has 3 nitrogen and oxygen atoms in total. The predicted octanol–water partition coefficient (Wildman–Crippen LogP) is -0.313. The van der Waals surface area contributed by atoms with Gasteiger partial charge in [-0.1, -0.05) is 0 Å². The molecule has 0 aliphatic carbocycles. The minimum absolute atomic E-state index is 0. The first-order chi connectivity index (χ1) is 4.27. The number of aliphatic hydroxyl groups is 2. The Morgan fingerprint density at radius 1 is 1.18 bits per heavy atom. The van der Waals surface area contributed by atoms with Gasteiger partial charge >= 0.3 is 0 Å². The zero-order chi connectivity index (χ0) is 7.11. The Labute approximate surface area is 140 Å². The Balaban J connectivity index is -0.000000320. The number of hydrogen-bond donors (Lipinski definition) is 3. The maximum Gasteiger partial charge on any atom is 0.151 e. The first-order valence-electron chi connectivity index (χ1n) is 3.28. The summed E-state index contributed by atoms with van der Waals surface area (Å²) in [5.41, 5.74) is 0. The summed E-state index contributed by atoms with van der Waals surface area (Å²) in [6.07, 6.45) is 1.25. The van der Waals surface area contributed by atoms with E-state index in [1.165, 1.54) is 0 Å². The molecule has 3 N–H and O–H groups in total. The van der Waals surface area contributed by atoms with Crippen LogP contribution in [0.4, 0.5) is 0 Å². The zero-order valence-corrected chi connectivity index (χ0v) is 16.4. The molecule has 0 aliphatic rings. The first kappa shape index (κ1) is 19.4. The van der Waals surface area contributed by atoms with Gasteiger partial charge < -0.3 is 15.5 Å². The maximum absolute atomic E-state index is 8.39. The van der Waals surface area contributed by atoms with Gasteiger partial charge in [-0.25, -0.2) is 0 Å². The number of hydrogen-bond acceptors (Lipinski definition) is 3. The van der Waals surface area contributed by atoms with E-state index in [0.717, 1.165) is 19.4 Å². The van der Waals surface area contributed by atoms with Crippen molar-refractivity contribution in [3.63, 3.8) is 0 Å². The summed E-state index contributed by atoms with van der Waals surface area (Å²) in [4.78, 5) is 0. The van der Waals surface area contributed by atoms with Crippen LogP contribution in [-0.2, 0) is 0 Å². The maximum atomic E-state index is 8.39. The molecule has 0 unspecified atom stereocenters. The summed E-state index contributed by atoms with van der Waals surface area (Å²) in [6.45, 7) is 0.951. The molecule has 0 saturated carbocycles. The molecule has 11 heavy (non-hydrogen) atoms. The average molecular weight is 587 g/mol. The van der Waals surface area contributed by atoms with Gasteiger partial charge in [0.05, 0.1) is 0 Å². The van der Waals surface area contributed by atoms with Crippen LogP contribution in [0.2, 0.25) is 0 Å². The summed E-state index contributed by atoms with van der Waals surface area (Å²) < 4.78 is 0. The molecular weight excluding hydrogens is 572 g/mol. The number of unbranched alkanes of at least 4 members (excludes halogenated alkanes) is 1. The molecule has 0 aromatic rings. The smallest absolute Gasteiger partial charge is 0.151 e. The predicted molar refractivity (Wildman–Crippen MR) is 36.0 cm³/mol. The van der Waals surface area contributed by atoms with Crippen molar-refractivity contribution in [2.75, 3.05) is 13.6 Å². The van der Waals surface area contributed by atoms with Crippen LogP contribution in [0, 0.1) is 88.1 Å². The Morgan fingerprint density at radius 2 is 1.73 bits per heavy atom. The third-order valence-corrected chi connectivity index (χ3v) is 1.14. The van der Waals surface area contributed by atoms with E-state index in [9.17, 15) is 0 Å². The molecule has 5 heteroatoms. The van der Waals surface area contributed by atoms with Gasteiger partial charge in [-0.2, -0.15) is 0 Å². The second kappa shape index (κ2) is 15.2. The van der Waals surface area contributed by atoms with Crippen LogP contribution < -0.4 is 5.32 Å². The number of nitrogens with one attached hydrogen (secondary N) is 1. The topological polar surface area (TPSA) is 52.5 Å². The van der Waals surface area contributed by atoms with Crippen molar-refractivity contribution in [3.05, 3.63) is 0 Å². The fourth-order valence-corrected chi connectivity index (χ4v) is 0.629. The molecule has 0 spiro atoms. The summed E-state index contributed by atoms with van der Waals surface area (Å²) in [6, 6.07) is 0. The largest absolute Gasteiger partial charge is 0.368 e. The van der Waals surface area contributed by atoms with E-state index in [1.54, 1.807) is 0 Å². The molecule has 2 radical (unpaired) electrons. The van der Waals surface area contributed by atoms with Gasteiger partial charge in [0.15, 0.2) is 6.29 Å². The molecule has 0 aliphatic heterocycles. The van der Waals surface area contributed by atoms with Crippen molar-refractivity contribution in [3.8, 4) is 0 Å². The Hall–Kier alpha value is 2.76. The van der Waals surface area contributed by atoms with Crippen molar-refractivity contribution in [2.24, 2.45) is 0 Å².